The van der Waals surface area contributed by atoms with E-state index in [-0.39, 0.29) is 144 Å². The maximum Gasteiger partial charge on any atom is 0.319 e. The molecule has 0 saturated carbocycles. The number of anilines is 1. The van der Waals surface area contributed by atoms with Crippen LogP contribution in [-0.4, -0.2) is 258 Å². The molecule has 6 aliphatic rings. The Morgan fingerprint density at radius 1 is 0.429 bits per heavy atom. The van der Waals surface area contributed by atoms with Crippen LogP contribution in [0.3, 0.4) is 0 Å². The number of piperidine rings is 4. The highest BCUT2D eigenvalue weighted by molar-refractivity contribution is 7.90. The molecule has 0 bridgehead atoms. The summed E-state index contributed by atoms with van der Waals surface area (Å²) in [7, 11) is -14.9. The smallest absolute Gasteiger partial charge is 0.319 e. The third kappa shape index (κ3) is 33.3. The fraction of sp³-hybridized carbons (Fsp3) is 0.373. The van der Waals surface area contributed by atoms with Crippen molar-refractivity contribution >= 4 is 116 Å². The van der Waals surface area contributed by atoms with E-state index in [0.29, 0.717) is 99.9 Å². The number of aryl methyl sites for hydroxylation is 4. The number of halogens is 5. The summed E-state index contributed by atoms with van der Waals surface area (Å²) < 4.78 is 269. The Bertz CT molecular complexity index is 7590. The van der Waals surface area contributed by atoms with Crippen LogP contribution in [0.25, 0.3) is 0 Å². The largest absolute Gasteiger partial charge is 0.456 e. The van der Waals surface area contributed by atoms with Crippen molar-refractivity contribution in [1.82, 2.24) is 69.1 Å². The van der Waals surface area contributed by atoms with Gasteiger partial charge in [0, 0.05) is 180 Å². The average Bonchev–Trinajstić information content (AvgIpc) is 0.709. The number of nitrogens with zero attached hydrogens (tertiary/aromatic N) is 11. The molecule has 9 aromatic rings. The number of amides is 8. The zero-order valence-electron chi connectivity index (χ0n) is 94.4. The Balaban J connectivity index is 0.000000190. The Hall–Kier alpha value is -12.5. The van der Waals surface area contributed by atoms with Crippen molar-refractivity contribution < 1.29 is 100 Å². The second-order valence-corrected chi connectivity index (χ2v) is 43.8. The number of nitriles is 4. The molecule has 8 N–H and O–H groups in total. The van der Waals surface area contributed by atoms with Crippen LogP contribution in [-0.2, 0) is 44.8 Å². The molecular weight excluding hydrogens is 2050 g/mol. The molecule has 147 heavy (non-hydrogen) atoms. The van der Waals surface area contributed by atoms with E-state index in [2.05, 4.69) is 70.7 Å². The molecule has 15 rings (SSSR count). The molecule has 6 aliphatic heterocycles. The number of likely N-dealkylation sites (N-methyl/N-ethyl adjacent to an activating group) is 1. The molecule has 6 saturated heterocycles. The number of benzene rings is 9. The van der Waals surface area contributed by atoms with Gasteiger partial charge < -0.3 is 71.1 Å². The van der Waals surface area contributed by atoms with Crippen LogP contribution in [0.4, 0.5) is 29.3 Å². The van der Waals surface area contributed by atoms with E-state index in [9.17, 15) is 78.3 Å². The van der Waals surface area contributed by atoms with Gasteiger partial charge in [-0.25, -0.2) is 57.2 Å². The number of carbonyl (C=O) groups is 4. The minimum absolute atomic E-state index is 0.0295. The summed E-state index contributed by atoms with van der Waals surface area (Å²) in [6.07, 6.45) is 4.02. The summed E-state index contributed by atoms with van der Waals surface area (Å²) in [6, 6.07) is 33.4. The van der Waals surface area contributed by atoms with E-state index >= 15 is 0 Å². The second-order valence-electron chi connectivity index (χ2n) is 34.4. The summed E-state index contributed by atoms with van der Waals surface area (Å²) in [4.78, 5) is 52.5. The lowest BCUT2D eigenvalue weighted by molar-refractivity contribution is 0.0387. The van der Waals surface area contributed by atoms with Gasteiger partial charge in [-0.3, -0.25) is 9.80 Å². The summed E-state index contributed by atoms with van der Waals surface area (Å²) in [5.74, 6) is -0.453. The van der Waals surface area contributed by atoms with Gasteiger partial charge in [0.2, 0.25) is 40.1 Å². The minimum atomic E-state index is -4.60. The number of rotatable bonds is 29. The van der Waals surface area contributed by atoms with Crippen molar-refractivity contribution in [3.8, 4) is 70.3 Å². The van der Waals surface area contributed by atoms with Crippen LogP contribution in [0, 0.1) is 78.8 Å². The van der Waals surface area contributed by atoms with E-state index in [4.69, 9.17) is 84.5 Å². The van der Waals surface area contributed by atoms with Gasteiger partial charge in [0.15, 0.2) is 0 Å². The van der Waals surface area contributed by atoms with Crippen molar-refractivity contribution in [2.75, 3.05) is 150 Å². The van der Waals surface area contributed by atoms with E-state index < -0.39 is 172 Å². The van der Waals surface area contributed by atoms with Crippen LogP contribution in [0.2, 0.25) is 20.1 Å². The maximum atomic E-state index is 13.9. The van der Waals surface area contributed by atoms with Crippen LogP contribution >= 0.6 is 46.4 Å². The summed E-state index contributed by atoms with van der Waals surface area (Å²) in [5.41, 5.74) is 2.62. The number of piperazine rings is 1. The normalized spacial score (nSPS) is 19.0. The number of hydrogen-bond acceptors (Lipinski definition) is 24. The van der Waals surface area contributed by atoms with Crippen molar-refractivity contribution in [3.05, 3.63) is 253 Å². The number of morpholine rings is 1. The van der Waals surface area contributed by atoms with Crippen molar-refractivity contribution in [1.29, 1.82) is 21.0 Å². The molecule has 0 aromatic heterocycles. The van der Waals surface area contributed by atoms with Gasteiger partial charge in [-0.1, -0.05) is 58.5 Å². The topological polar surface area (TPSA) is 465 Å². The molecule has 0 aliphatic carbocycles. The lowest BCUT2D eigenvalue weighted by Crippen LogP contribution is -2.51. The van der Waals surface area contributed by atoms with E-state index in [1.165, 1.54) is 87.5 Å². The fourth-order valence-corrected chi connectivity index (χ4v) is 23.3. The third-order valence-corrected chi connectivity index (χ3v) is 31.7. The number of carbonyl (C=O) groups excluding carboxylic acids is 4. The van der Waals surface area contributed by atoms with Gasteiger partial charge in [-0.05, 0) is 272 Å². The first-order chi connectivity index (χ1) is 75.7. The second kappa shape index (κ2) is 53.4. The number of sulfonamides is 4. The molecule has 9 aromatic carbocycles. The monoisotopic (exact) mass is 2180 g/mol. The SMILES string of the molecule is Cc1cc(Cl)cc(Oc2ccc(C#N)cc2S(=O)(=O)N2CCC(NC(=O)NCCN3CCN(C)CC3)CC2)c1.Cc1cc(Cl)cc(Oc2ccc(C#N)cc2S(=O)(=O)N2CCC(NC(=O)Nc3cccc(F)c3)CC2)c1.[2H]c1c([2H])c(Oc2cc(C)cc(Cl)c2)c(S(=O)(=O)N2CCC(NC(=O)NCC=C)CC2)c([2H])c1C#N.[2H]c1c([2H])c(Oc2cc(C)cc(Cl)c2)c(S(=O)(=O)N2CCC(NC(=O)NCCN3C([2H])([2H])C([2H])([2H])OC([2H])([2H])C3([2H])[2H])CC2)c([2H])c1C#N. The summed E-state index contributed by atoms with van der Waals surface area (Å²) in [5, 5.41) is 60.9. The predicted molar refractivity (Wildman–Crippen MR) is 556 cm³/mol. The third-order valence-electron chi connectivity index (χ3n) is 23.3. The zero-order chi connectivity index (χ0) is 118. The minimum Gasteiger partial charge on any atom is -0.456 e. The maximum absolute atomic E-state index is 13.9. The van der Waals surface area contributed by atoms with Crippen LogP contribution in [0.15, 0.2) is 202 Å². The molecule has 6 fully saturated rings. The Morgan fingerprint density at radius 2 is 0.762 bits per heavy atom. The number of nitrogens with one attached hydrogen (secondary N) is 8. The molecule has 0 spiro atoms. The average molecular weight is 2180 g/mol. The molecule has 8 amide bonds. The number of ether oxygens (including phenoxy) is 5. The van der Waals surface area contributed by atoms with Gasteiger partial charge in [0.1, 0.15) is 71.4 Å². The van der Waals surface area contributed by atoms with E-state index in [1.54, 1.807) is 86.6 Å². The van der Waals surface area contributed by atoms with Crippen molar-refractivity contribution in [3.63, 3.8) is 0 Å². The van der Waals surface area contributed by atoms with E-state index in [1.807, 2.05) is 26.0 Å². The van der Waals surface area contributed by atoms with Gasteiger partial charge >= 0.3 is 24.1 Å². The van der Waals surface area contributed by atoms with E-state index in [0.717, 1.165) is 52.5 Å². The molecule has 6 heterocycles. The number of urea groups is 4. The zero-order valence-corrected chi connectivity index (χ0v) is 86.6. The number of hydrogen-bond donors (Lipinski definition) is 8. The van der Waals surface area contributed by atoms with Gasteiger partial charge in [0.05, 0.1) is 73.4 Å². The molecule has 0 unspecified atom stereocenters. The van der Waals surface area contributed by atoms with Gasteiger partial charge in [0.25, 0.3) is 0 Å². The fourth-order valence-electron chi connectivity index (χ4n) is 15.9. The Labute approximate surface area is 896 Å². The standard InChI is InChI=1S/C27H35ClN6O4S.C26H24ClFN4O4S.C26H32ClN5O5S.C23H25ClN4O4S/c1-20-15-22(28)18-24(16-20)38-25-4-3-21(19-29)17-26(25)39(36,37)34-8-5-23(6-9-34)31-27(35)30-7-10-33-13-11-32(2)12-14-33;1-17-11-19(27)14-23(12-17)36-24-6-5-18(16-29)13-25(24)37(34,35)32-9-7-21(8-10-32)30-26(33)31-22-4-2-3-20(28)15-22;1-19-14-21(27)17-23(15-19)37-24-3-2-20(18-28)16-25(24)38(34,35)32-7-4-22(5-8-32)30-26(33)29-6-9-31-10-12-36-13-11-31;1-3-8-26-23(29)27-19-6-9-28(10-7-19)33(30,31)22-13-17(15-25)4-5-21(22)32-20-12-16(2)11-18(24)14-20/h3-4,15-18,23H,5-14H2,1-2H3,(H2,30,31,35);2-6,11-15,21H,7-10H2,1H3,(H2,30,31,33);2-3,14-17,22H,4-13H2,1H3,(H2,29,30,33);3-5,11-14,19H,1,6-10H2,2H3,(H2,26,27,29)/i;;2D,3D,10D2,11D2,12D2,13D2,16D;4D,5D,13D. The van der Waals surface area contributed by atoms with Crippen LogP contribution < -0.4 is 61.5 Å². The molecule has 0 radical (unpaired) electrons. The summed E-state index contributed by atoms with van der Waals surface area (Å²) >= 11 is 24.5. The summed E-state index contributed by atoms with van der Waals surface area (Å²) in [6.45, 7) is 3.18. The highest BCUT2D eigenvalue weighted by Crippen LogP contribution is 2.41. The molecule has 0 atom stereocenters. The van der Waals surface area contributed by atoms with Gasteiger partial charge in [-0.2, -0.15) is 38.3 Å². The van der Waals surface area contributed by atoms with Crippen LogP contribution in [0.1, 0.15) is 115 Å². The van der Waals surface area contributed by atoms with Crippen molar-refractivity contribution in [2.24, 2.45) is 0 Å². The van der Waals surface area contributed by atoms with Crippen molar-refractivity contribution in [2.45, 2.75) is 123 Å². The Kier molecular flexibility index (Phi) is 34.3. The quantitative estimate of drug-likeness (QED) is 0.0202. The first kappa shape index (κ1) is 94.3. The molecule has 780 valence electrons. The first-order valence-corrected chi connectivity index (χ1v) is 53.4. The van der Waals surface area contributed by atoms with Crippen LogP contribution in [0.5, 0.6) is 46.0 Å². The predicted octanol–water partition coefficient (Wildman–Crippen LogP) is 15.5. The highest BCUT2D eigenvalue weighted by Gasteiger charge is 2.39. The Morgan fingerprint density at radius 3 is 1.10 bits per heavy atom. The molecule has 45 heteroatoms. The molecular formula is C102H116Cl4FN19O17S4. The highest BCUT2D eigenvalue weighted by atomic mass is 35.5. The lowest BCUT2D eigenvalue weighted by Gasteiger charge is -2.33. The first-order valence-electron chi connectivity index (χ1n) is 53.2. The molecule has 36 nitrogen and oxygen atoms in total. The van der Waals surface area contributed by atoms with Gasteiger partial charge in [-0.15, -0.1) is 6.58 Å². The lowest BCUT2D eigenvalue weighted by atomic mass is 10.1.